The van der Waals surface area contributed by atoms with Crippen LogP contribution in [0, 0.1) is 0 Å². The van der Waals surface area contributed by atoms with Crippen LogP contribution in [0.2, 0.25) is 0 Å². The van der Waals surface area contributed by atoms with Crippen molar-refractivity contribution in [2.75, 3.05) is 5.32 Å². The summed E-state index contributed by atoms with van der Waals surface area (Å²) in [6, 6.07) is 9.74. The lowest BCUT2D eigenvalue weighted by molar-refractivity contribution is 0.102. The SMILES string of the molecule is O=C(Nc1ncn(Cc2cccnc2)n1)c1ccc2c(c1)CCC2. The molecule has 0 atom stereocenters. The molecule has 2 aromatic heterocycles. The smallest absolute Gasteiger partial charge is 0.258 e. The zero-order valence-corrected chi connectivity index (χ0v) is 13.1. The van der Waals surface area contributed by atoms with Crippen molar-refractivity contribution in [1.82, 2.24) is 19.7 Å². The number of pyridine rings is 1. The molecule has 0 unspecified atom stereocenters. The third-order valence-corrected chi connectivity index (χ3v) is 4.19. The van der Waals surface area contributed by atoms with E-state index in [1.165, 1.54) is 17.5 Å². The molecular weight excluding hydrogens is 302 g/mol. The number of amides is 1. The minimum absolute atomic E-state index is 0.177. The van der Waals surface area contributed by atoms with E-state index in [4.69, 9.17) is 0 Å². The van der Waals surface area contributed by atoms with Crippen LogP contribution in [0.1, 0.15) is 33.5 Å². The maximum atomic E-state index is 12.4. The number of nitrogens with zero attached hydrogens (tertiary/aromatic N) is 4. The zero-order chi connectivity index (χ0) is 16.4. The Morgan fingerprint density at radius 1 is 1.21 bits per heavy atom. The van der Waals surface area contributed by atoms with Gasteiger partial charge in [0.05, 0.1) is 6.54 Å². The summed E-state index contributed by atoms with van der Waals surface area (Å²) in [6.07, 6.45) is 8.44. The Balaban J connectivity index is 1.45. The van der Waals surface area contributed by atoms with Crippen LogP contribution in [0.5, 0.6) is 0 Å². The van der Waals surface area contributed by atoms with Gasteiger partial charge >= 0.3 is 0 Å². The average Bonchev–Trinajstić information content (AvgIpc) is 3.24. The average molecular weight is 319 g/mol. The van der Waals surface area contributed by atoms with Crippen LogP contribution >= 0.6 is 0 Å². The fourth-order valence-electron chi connectivity index (χ4n) is 2.99. The van der Waals surface area contributed by atoms with Crippen LogP contribution < -0.4 is 5.32 Å². The molecule has 0 saturated heterocycles. The Labute approximate surface area is 139 Å². The van der Waals surface area contributed by atoms with Gasteiger partial charge in [-0.05, 0) is 54.2 Å². The number of carbonyl (C=O) groups excluding carboxylic acids is 1. The van der Waals surface area contributed by atoms with Crippen molar-refractivity contribution < 1.29 is 4.79 Å². The fourth-order valence-corrected chi connectivity index (χ4v) is 2.99. The van der Waals surface area contributed by atoms with Crippen LogP contribution in [0.15, 0.2) is 49.1 Å². The minimum atomic E-state index is -0.177. The third-order valence-electron chi connectivity index (χ3n) is 4.19. The summed E-state index contributed by atoms with van der Waals surface area (Å²) in [5.41, 5.74) is 4.31. The summed E-state index contributed by atoms with van der Waals surface area (Å²) < 4.78 is 1.68. The van der Waals surface area contributed by atoms with Crippen LogP contribution in [0.4, 0.5) is 5.95 Å². The van der Waals surface area contributed by atoms with E-state index in [9.17, 15) is 4.79 Å². The van der Waals surface area contributed by atoms with Crippen LogP contribution in [0.3, 0.4) is 0 Å². The highest BCUT2D eigenvalue weighted by molar-refractivity contribution is 6.03. The molecule has 3 aromatic rings. The lowest BCUT2D eigenvalue weighted by Crippen LogP contribution is -2.14. The van der Waals surface area contributed by atoms with Gasteiger partial charge in [-0.2, -0.15) is 0 Å². The number of fused-ring (bicyclic) bond motifs is 1. The maximum absolute atomic E-state index is 12.4. The largest absolute Gasteiger partial charge is 0.289 e. The maximum Gasteiger partial charge on any atom is 0.258 e. The normalized spacial score (nSPS) is 12.8. The second kappa shape index (κ2) is 6.23. The Kier molecular flexibility index (Phi) is 3.78. The zero-order valence-electron chi connectivity index (χ0n) is 13.1. The number of hydrogen-bond acceptors (Lipinski definition) is 4. The Morgan fingerprint density at radius 2 is 2.12 bits per heavy atom. The first-order valence-electron chi connectivity index (χ1n) is 7.99. The van der Waals surface area contributed by atoms with Crippen molar-refractivity contribution in [2.45, 2.75) is 25.8 Å². The molecule has 1 aliphatic carbocycles. The van der Waals surface area contributed by atoms with E-state index in [1.54, 1.807) is 23.4 Å². The van der Waals surface area contributed by atoms with Crippen LogP contribution in [-0.2, 0) is 19.4 Å². The Morgan fingerprint density at radius 3 is 3.00 bits per heavy atom. The third kappa shape index (κ3) is 3.03. The molecule has 1 N–H and O–H groups in total. The number of rotatable bonds is 4. The first-order valence-corrected chi connectivity index (χ1v) is 7.99. The second-order valence-electron chi connectivity index (χ2n) is 5.92. The van der Waals surface area contributed by atoms with Gasteiger partial charge in [-0.15, -0.1) is 5.10 Å². The molecule has 1 aliphatic rings. The van der Waals surface area contributed by atoms with Gasteiger partial charge in [0.15, 0.2) is 0 Å². The molecule has 1 amide bonds. The lowest BCUT2D eigenvalue weighted by atomic mass is 10.1. The molecule has 0 fully saturated rings. The predicted molar refractivity (Wildman–Crippen MR) is 89.8 cm³/mol. The Bertz CT molecular complexity index is 872. The molecule has 120 valence electrons. The first kappa shape index (κ1) is 14.6. The molecule has 0 spiro atoms. The number of aryl methyl sites for hydroxylation is 2. The molecule has 6 nitrogen and oxygen atoms in total. The molecule has 2 heterocycles. The van der Waals surface area contributed by atoms with Crippen molar-refractivity contribution in [3.05, 3.63) is 71.3 Å². The van der Waals surface area contributed by atoms with Gasteiger partial charge < -0.3 is 0 Å². The summed E-state index contributed by atoms with van der Waals surface area (Å²) in [5.74, 6) is 0.133. The number of benzene rings is 1. The van der Waals surface area contributed by atoms with E-state index in [0.29, 0.717) is 18.1 Å². The molecule has 0 saturated carbocycles. The number of nitrogens with one attached hydrogen (secondary N) is 1. The molecule has 1 aromatic carbocycles. The highest BCUT2D eigenvalue weighted by Crippen LogP contribution is 2.23. The molecule has 6 heteroatoms. The van der Waals surface area contributed by atoms with Gasteiger partial charge in [0.25, 0.3) is 5.91 Å². The number of hydrogen-bond donors (Lipinski definition) is 1. The van der Waals surface area contributed by atoms with Crippen molar-refractivity contribution in [3.8, 4) is 0 Å². The van der Waals surface area contributed by atoms with Gasteiger partial charge in [-0.1, -0.05) is 12.1 Å². The van der Waals surface area contributed by atoms with Crippen LogP contribution in [-0.4, -0.2) is 25.7 Å². The van der Waals surface area contributed by atoms with Crippen molar-refractivity contribution in [3.63, 3.8) is 0 Å². The number of carbonyl (C=O) groups is 1. The van der Waals surface area contributed by atoms with Gasteiger partial charge in [0.2, 0.25) is 5.95 Å². The van der Waals surface area contributed by atoms with Gasteiger partial charge in [0, 0.05) is 18.0 Å². The standard InChI is InChI=1S/C18H17N5O/c24-17(16-7-6-14-4-1-5-15(14)9-16)21-18-20-12-23(22-18)11-13-3-2-8-19-10-13/h2-3,6-10,12H,1,4-5,11H2,(H,21,22,24). The molecule has 4 rings (SSSR count). The molecular formula is C18H17N5O. The first-order chi connectivity index (χ1) is 11.8. The van der Waals surface area contributed by atoms with Crippen molar-refractivity contribution in [2.24, 2.45) is 0 Å². The Hall–Kier alpha value is -3.02. The quantitative estimate of drug-likeness (QED) is 0.802. The minimum Gasteiger partial charge on any atom is -0.289 e. The van der Waals surface area contributed by atoms with E-state index in [1.807, 2.05) is 30.3 Å². The fraction of sp³-hybridized carbons (Fsp3) is 0.222. The molecule has 0 bridgehead atoms. The number of anilines is 1. The van der Waals surface area contributed by atoms with Gasteiger partial charge in [-0.3, -0.25) is 15.1 Å². The number of aromatic nitrogens is 4. The van der Waals surface area contributed by atoms with E-state index in [0.717, 1.165) is 18.4 Å². The lowest BCUT2D eigenvalue weighted by Gasteiger charge is -2.04. The summed E-state index contributed by atoms with van der Waals surface area (Å²) in [6.45, 7) is 0.565. The van der Waals surface area contributed by atoms with E-state index >= 15 is 0 Å². The molecule has 24 heavy (non-hydrogen) atoms. The highest BCUT2D eigenvalue weighted by atomic mass is 16.1. The van der Waals surface area contributed by atoms with E-state index < -0.39 is 0 Å². The summed E-state index contributed by atoms with van der Waals surface area (Å²) in [7, 11) is 0. The highest BCUT2D eigenvalue weighted by Gasteiger charge is 2.15. The van der Waals surface area contributed by atoms with Gasteiger partial charge in [0.1, 0.15) is 6.33 Å². The summed E-state index contributed by atoms with van der Waals surface area (Å²) in [4.78, 5) is 20.6. The second-order valence-corrected chi connectivity index (χ2v) is 5.92. The monoisotopic (exact) mass is 319 g/mol. The van der Waals surface area contributed by atoms with Crippen LogP contribution in [0.25, 0.3) is 0 Å². The summed E-state index contributed by atoms with van der Waals surface area (Å²) in [5, 5.41) is 7.05. The molecule has 0 aliphatic heterocycles. The van der Waals surface area contributed by atoms with Gasteiger partial charge in [-0.25, -0.2) is 9.67 Å². The van der Waals surface area contributed by atoms with Crippen molar-refractivity contribution in [1.29, 1.82) is 0 Å². The van der Waals surface area contributed by atoms with E-state index in [2.05, 4.69) is 20.4 Å². The van der Waals surface area contributed by atoms with E-state index in [-0.39, 0.29) is 5.91 Å². The predicted octanol–water partition coefficient (Wildman–Crippen LogP) is 2.46. The summed E-state index contributed by atoms with van der Waals surface area (Å²) >= 11 is 0. The topological polar surface area (TPSA) is 72.7 Å². The van der Waals surface area contributed by atoms with Crippen molar-refractivity contribution >= 4 is 11.9 Å². The molecule has 0 radical (unpaired) electrons.